The molecule has 11 nitrogen and oxygen atoms in total. The lowest BCUT2D eigenvalue weighted by Gasteiger charge is -2.05. The number of carbonyl (C=O) groups is 1. The van der Waals surface area contributed by atoms with Crippen LogP contribution in [0.15, 0.2) is 0 Å². The van der Waals surface area contributed by atoms with Crippen molar-refractivity contribution < 1.29 is 53.6 Å². The van der Waals surface area contributed by atoms with Gasteiger partial charge in [-0.3, -0.25) is 0 Å². The molecule has 0 aliphatic rings. The molecule has 0 heterocycles. The standard InChI is InChI=1S/C5H12O2.2C4H10O2.C3H6O3.C3H8O2/c1-5(7-3)4-6-2;1-4(5)3-6-2;1-4(3-5)6-2;1-5-3(4)6-2;1-3(5)2-4/h5H,4H2,1-3H3;2*4-5H,3H2,1-2H3;1-2H3;3-5H,2H2,1H3. The molecular weight excluding hydrogens is 404 g/mol. The molecular formula is C19H46O11. The van der Waals surface area contributed by atoms with Gasteiger partial charge < -0.3 is 48.8 Å². The third kappa shape index (κ3) is 63.2. The Morgan fingerprint density at radius 3 is 1.07 bits per heavy atom. The van der Waals surface area contributed by atoms with Crippen molar-refractivity contribution in [3.05, 3.63) is 0 Å². The lowest BCUT2D eigenvalue weighted by Crippen LogP contribution is -2.11. The van der Waals surface area contributed by atoms with Crippen LogP contribution >= 0.6 is 0 Å². The van der Waals surface area contributed by atoms with Gasteiger partial charge in [0.1, 0.15) is 0 Å². The van der Waals surface area contributed by atoms with Crippen molar-refractivity contribution in [3.8, 4) is 0 Å². The van der Waals surface area contributed by atoms with Crippen molar-refractivity contribution in [2.45, 2.75) is 52.1 Å². The van der Waals surface area contributed by atoms with Gasteiger partial charge in [0.05, 0.1) is 65.1 Å². The molecule has 4 N–H and O–H groups in total. The summed E-state index contributed by atoms with van der Waals surface area (Å²) in [5.41, 5.74) is 0. The summed E-state index contributed by atoms with van der Waals surface area (Å²) in [6.07, 6.45) is -1.32. The molecule has 188 valence electrons. The zero-order valence-corrected chi connectivity index (χ0v) is 20.3. The first-order valence-electron chi connectivity index (χ1n) is 9.20. The molecule has 4 atom stereocenters. The maximum atomic E-state index is 9.74. The lowest BCUT2D eigenvalue weighted by molar-refractivity contribution is 0.0401. The van der Waals surface area contributed by atoms with Crippen LogP contribution in [0.4, 0.5) is 4.79 Å². The van der Waals surface area contributed by atoms with Crippen LogP contribution in [-0.4, -0.2) is 120 Å². The summed E-state index contributed by atoms with van der Waals surface area (Å²) >= 11 is 0. The van der Waals surface area contributed by atoms with E-state index in [0.29, 0.717) is 13.2 Å². The van der Waals surface area contributed by atoms with E-state index in [9.17, 15) is 4.79 Å². The number of ether oxygens (including phenoxy) is 6. The Balaban J connectivity index is -0.0000000872. The van der Waals surface area contributed by atoms with E-state index in [4.69, 9.17) is 29.9 Å². The van der Waals surface area contributed by atoms with Gasteiger partial charge in [-0.2, -0.15) is 0 Å². The first-order chi connectivity index (χ1) is 14.0. The average Bonchev–Trinajstić information content (AvgIpc) is 2.74. The molecule has 11 heteroatoms. The number of hydrogen-bond acceptors (Lipinski definition) is 11. The quantitative estimate of drug-likeness (QED) is 0.381. The molecule has 0 saturated carbocycles. The number of rotatable bonds is 8. The minimum absolute atomic E-state index is 0.00926. The normalized spacial score (nSPS) is 13.0. The van der Waals surface area contributed by atoms with Crippen LogP contribution in [0.3, 0.4) is 0 Å². The number of methoxy groups -OCH3 is 6. The molecule has 0 bridgehead atoms. The third-order valence-electron chi connectivity index (χ3n) is 2.47. The Labute approximate surface area is 181 Å². The summed E-state index contributed by atoms with van der Waals surface area (Å²) in [7, 11) is 8.98. The van der Waals surface area contributed by atoms with E-state index in [1.54, 1.807) is 42.3 Å². The van der Waals surface area contributed by atoms with E-state index in [0.717, 1.165) is 0 Å². The molecule has 0 fully saturated rings. The highest BCUT2D eigenvalue weighted by molar-refractivity contribution is 5.59. The summed E-state index contributed by atoms with van der Waals surface area (Å²) in [5, 5.41) is 32.6. The van der Waals surface area contributed by atoms with Gasteiger partial charge >= 0.3 is 6.16 Å². The second kappa shape index (κ2) is 35.4. The van der Waals surface area contributed by atoms with Crippen LogP contribution in [0, 0.1) is 0 Å². The molecule has 0 aromatic rings. The summed E-state index contributed by atoms with van der Waals surface area (Å²) in [4.78, 5) is 9.74. The van der Waals surface area contributed by atoms with Crippen LogP contribution in [-0.2, 0) is 28.4 Å². The minimum atomic E-state index is -0.657. The molecule has 0 aliphatic heterocycles. The third-order valence-corrected chi connectivity index (χ3v) is 2.47. The van der Waals surface area contributed by atoms with Gasteiger partial charge in [-0.15, -0.1) is 0 Å². The summed E-state index contributed by atoms with van der Waals surface area (Å²) < 4.78 is 26.9. The molecule has 0 aliphatic carbocycles. The number of aliphatic hydroxyl groups excluding tert-OH is 4. The monoisotopic (exact) mass is 450 g/mol. The Kier molecular flexibility index (Phi) is 46.5. The second-order valence-corrected chi connectivity index (χ2v) is 5.72. The predicted molar refractivity (Wildman–Crippen MR) is 114 cm³/mol. The average molecular weight is 451 g/mol. The fourth-order valence-electron chi connectivity index (χ4n) is 0.702. The maximum Gasteiger partial charge on any atom is 0.507 e. The van der Waals surface area contributed by atoms with Gasteiger partial charge in [0.25, 0.3) is 0 Å². The topological polar surface area (TPSA) is 153 Å². The molecule has 30 heavy (non-hydrogen) atoms. The van der Waals surface area contributed by atoms with E-state index < -0.39 is 12.3 Å². The first kappa shape index (κ1) is 39.4. The van der Waals surface area contributed by atoms with Crippen LogP contribution in [0.2, 0.25) is 0 Å². The summed E-state index contributed by atoms with van der Waals surface area (Å²) in [5.74, 6) is 0. The molecule has 0 aromatic carbocycles. The largest absolute Gasteiger partial charge is 0.507 e. The van der Waals surface area contributed by atoms with Crippen molar-refractivity contribution in [2.24, 2.45) is 0 Å². The van der Waals surface area contributed by atoms with Crippen molar-refractivity contribution in [2.75, 3.05) is 69.1 Å². The molecule has 4 unspecified atom stereocenters. The minimum Gasteiger partial charge on any atom is -0.438 e. The molecule has 0 spiro atoms. The first-order valence-corrected chi connectivity index (χ1v) is 9.20. The fourth-order valence-corrected chi connectivity index (χ4v) is 0.702. The second-order valence-electron chi connectivity index (χ2n) is 5.72. The molecule has 0 radical (unpaired) electrons. The molecule has 0 saturated heterocycles. The van der Waals surface area contributed by atoms with E-state index in [1.165, 1.54) is 21.1 Å². The van der Waals surface area contributed by atoms with Gasteiger partial charge in [-0.1, -0.05) is 0 Å². The van der Waals surface area contributed by atoms with Gasteiger partial charge in [0.15, 0.2) is 0 Å². The highest BCUT2D eigenvalue weighted by Gasteiger charge is 1.93. The van der Waals surface area contributed by atoms with Crippen LogP contribution < -0.4 is 0 Å². The van der Waals surface area contributed by atoms with E-state index in [1.807, 2.05) is 6.92 Å². The smallest absolute Gasteiger partial charge is 0.438 e. The molecule has 0 rings (SSSR count). The Morgan fingerprint density at radius 1 is 0.667 bits per heavy atom. The SMILES string of the molecule is CC(O)CO.COC(=O)OC.COC(C)CO.COCC(C)O.COCC(C)OC. The van der Waals surface area contributed by atoms with Crippen molar-refractivity contribution in [1.29, 1.82) is 0 Å². The van der Waals surface area contributed by atoms with Gasteiger partial charge in [-0.25, -0.2) is 4.79 Å². The van der Waals surface area contributed by atoms with E-state index in [-0.39, 0.29) is 31.5 Å². The molecule has 0 aromatic heterocycles. The number of hydrogen-bond donors (Lipinski definition) is 4. The summed E-state index contributed by atoms with van der Waals surface area (Å²) in [6, 6.07) is 0. The van der Waals surface area contributed by atoms with Crippen LogP contribution in [0.1, 0.15) is 27.7 Å². The summed E-state index contributed by atoms with van der Waals surface area (Å²) in [6.45, 7) is 8.06. The maximum absolute atomic E-state index is 9.74. The lowest BCUT2D eigenvalue weighted by atomic mass is 10.4. The van der Waals surface area contributed by atoms with Crippen molar-refractivity contribution in [3.63, 3.8) is 0 Å². The highest BCUT2D eigenvalue weighted by Crippen LogP contribution is 1.84. The van der Waals surface area contributed by atoms with Crippen LogP contribution in [0.25, 0.3) is 0 Å². The van der Waals surface area contributed by atoms with E-state index in [2.05, 4.69) is 18.9 Å². The fraction of sp³-hybridized carbons (Fsp3) is 0.947. The predicted octanol–water partition coefficient (Wildman–Crippen LogP) is 0.454. The zero-order chi connectivity index (χ0) is 25.0. The Bertz CT molecular complexity index is 280. The highest BCUT2D eigenvalue weighted by atomic mass is 16.7. The van der Waals surface area contributed by atoms with Gasteiger partial charge in [-0.05, 0) is 27.7 Å². The van der Waals surface area contributed by atoms with Crippen molar-refractivity contribution >= 4 is 6.16 Å². The number of carbonyl (C=O) groups excluding carboxylic acids is 1. The zero-order valence-electron chi connectivity index (χ0n) is 20.3. The van der Waals surface area contributed by atoms with Gasteiger partial charge in [0.2, 0.25) is 0 Å². The van der Waals surface area contributed by atoms with Crippen LogP contribution in [0.5, 0.6) is 0 Å². The number of aliphatic hydroxyl groups is 4. The van der Waals surface area contributed by atoms with E-state index >= 15 is 0 Å². The Hall–Kier alpha value is -1.05. The van der Waals surface area contributed by atoms with Crippen molar-refractivity contribution in [1.82, 2.24) is 0 Å². The molecule has 0 amide bonds. The Morgan fingerprint density at radius 2 is 1.03 bits per heavy atom. The van der Waals surface area contributed by atoms with Gasteiger partial charge in [0, 0.05) is 28.4 Å².